The summed E-state index contributed by atoms with van der Waals surface area (Å²) in [6.45, 7) is 16.7. The molecule has 9 heteroatoms. The zero-order chi connectivity index (χ0) is 37.2. The van der Waals surface area contributed by atoms with Gasteiger partial charge in [-0.15, -0.1) is 0 Å². The number of hydrogen-bond acceptors (Lipinski definition) is 5. The van der Waals surface area contributed by atoms with E-state index in [4.69, 9.17) is 15.0 Å². The molecule has 2 bridgehead atoms. The molecule has 5 heterocycles. The third-order valence-corrected chi connectivity index (χ3v) is 14.5. The van der Waals surface area contributed by atoms with Gasteiger partial charge in [-0.1, -0.05) is 60.6 Å². The first-order valence-electron chi connectivity index (χ1n) is 20.5. The molecule has 9 rings (SSSR count). The molecule has 3 saturated carbocycles. The first kappa shape index (κ1) is 36.0. The monoisotopic (exact) mass is 717 g/mol. The van der Waals surface area contributed by atoms with Crippen molar-refractivity contribution in [2.45, 2.75) is 129 Å². The number of hydrogen-bond donors (Lipinski definition) is 2. The highest BCUT2D eigenvalue weighted by molar-refractivity contribution is 5.84. The zero-order valence-electron chi connectivity index (χ0n) is 32.9. The average Bonchev–Trinajstić information content (AvgIpc) is 4.00. The molecule has 4 aromatic rings. The van der Waals surface area contributed by atoms with E-state index in [1.165, 1.54) is 11.4 Å². The van der Waals surface area contributed by atoms with Crippen molar-refractivity contribution < 1.29 is 9.59 Å². The number of H-pyrrole nitrogens is 2. The number of pyridine rings is 1. The van der Waals surface area contributed by atoms with E-state index in [1.807, 2.05) is 18.0 Å². The van der Waals surface area contributed by atoms with Gasteiger partial charge < -0.3 is 19.8 Å². The van der Waals surface area contributed by atoms with Crippen molar-refractivity contribution in [2.24, 2.45) is 29.6 Å². The lowest BCUT2D eigenvalue weighted by atomic mass is 9.48. The van der Waals surface area contributed by atoms with Crippen LogP contribution in [0.3, 0.4) is 0 Å². The summed E-state index contributed by atoms with van der Waals surface area (Å²) < 4.78 is 0. The predicted octanol–water partition coefficient (Wildman–Crippen LogP) is 9.05. The van der Waals surface area contributed by atoms with Crippen LogP contribution in [0.15, 0.2) is 42.7 Å². The Balaban J connectivity index is 0.971. The number of aromatic nitrogens is 5. The first-order valence-corrected chi connectivity index (χ1v) is 20.5. The molecule has 5 atom stereocenters. The van der Waals surface area contributed by atoms with Gasteiger partial charge in [-0.05, 0) is 93.7 Å². The molecule has 2 N–H and O–H groups in total. The highest BCUT2D eigenvalue weighted by atomic mass is 16.2. The molecule has 1 aromatic carbocycles. The molecule has 3 aromatic heterocycles. The molecule has 282 valence electrons. The van der Waals surface area contributed by atoms with Crippen LogP contribution in [0.5, 0.6) is 0 Å². The second-order valence-electron chi connectivity index (χ2n) is 18.0. The number of imidazole rings is 2. The summed E-state index contributed by atoms with van der Waals surface area (Å²) >= 11 is 0. The van der Waals surface area contributed by atoms with E-state index in [0.29, 0.717) is 17.8 Å². The highest BCUT2D eigenvalue weighted by Crippen LogP contribution is 2.60. The minimum atomic E-state index is 0.00488. The van der Waals surface area contributed by atoms with Crippen LogP contribution < -0.4 is 0 Å². The summed E-state index contributed by atoms with van der Waals surface area (Å²) in [5.74, 6) is 3.52. The van der Waals surface area contributed by atoms with Gasteiger partial charge in [0.2, 0.25) is 11.8 Å². The van der Waals surface area contributed by atoms with Gasteiger partial charge in [-0.25, -0.2) is 9.97 Å². The number of benzene rings is 1. The smallest absolute Gasteiger partial charge is 0.226 e. The number of aromatic amines is 2. The molecule has 0 spiro atoms. The van der Waals surface area contributed by atoms with Crippen LogP contribution in [0.2, 0.25) is 0 Å². The number of fused-ring (bicyclic) bond motifs is 4. The standard InChI is InChI=1S/C44H59N7O2/c1-26(2)29(6)41(52)50-20-8-10-35(50)39-45-24-34(48-39)32-12-14-33-31(22-32)13-15-37(47-33)44-18-16-43(17-19-44,23-28(44)5)38-25-46-40(49-38)36-11-9-21-51(36)42(53)30(7)27(3)4/h12-15,22,24-30,35-36H,8-11,16-21,23H2,1-7H3,(H,45,48)(H,46,49). The summed E-state index contributed by atoms with van der Waals surface area (Å²) in [5, 5.41) is 1.13. The van der Waals surface area contributed by atoms with Crippen molar-refractivity contribution in [3.05, 3.63) is 65.8 Å². The van der Waals surface area contributed by atoms with E-state index in [9.17, 15) is 9.59 Å². The van der Waals surface area contributed by atoms with Crippen LogP contribution in [-0.4, -0.2) is 59.6 Å². The second-order valence-corrected chi connectivity index (χ2v) is 18.0. The molecule has 5 fully saturated rings. The van der Waals surface area contributed by atoms with Crippen LogP contribution in [-0.2, 0) is 20.4 Å². The summed E-state index contributed by atoms with van der Waals surface area (Å²) in [6.07, 6.45) is 13.6. The minimum Gasteiger partial charge on any atom is -0.344 e. The van der Waals surface area contributed by atoms with Gasteiger partial charge in [-0.2, -0.15) is 0 Å². The van der Waals surface area contributed by atoms with Gasteiger partial charge in [0, 0.05) is 64.3 Å². The van der Waals surface area contributed by atoms with Crippen LogP contribution in [0.1, 0.15) is 141 Å². The summed E-state index contributed by atoms with van der Waals surface area (Å²) in [4.78, 5) is 53.2. The Morgan fingerprint density at radius 1 is 0.774 bits per heavy atom. The summed E-state index contributed by atoms with van der Waals surface area (Å²) in [7, 11) is 0. The molecule has 2 saturated heterocycles. The molecule has 9 nitrogen and oxygen atoms in total. The first-order chi connectivity index (χ1) is 25.4. The van der Waals surface area contributed by atoms with E-state index in [1.54, 1.807) is 0 Å². The third-order valence-electron chi connectivity index (χ3n) is 14.5. The predicted molar refractivity (Wildman–Crippen MR) is 209 cm³/mol. The Morgan fingerprint density at radius 2 is 1.38 bits per heavy atom. The average molecular weight is 718 g/mol. The van der Waals surface area contributed by atoms with Crippen molar-refractivity contribution in [3.63, 3.8) is 0 Å². The van der Waals surface area contributed by atoms with Gasteiger partial charge >= 0.3 is 0 Å². The lowest BCUT2D eigenvalue weighted by Gasteiger charge is -2.56. The maximum atomic E-state index is 13.4. The van der Waals surface area contributed by atoms with Crippen LogP contribution in [0, 0.1) is 29.6 Å². The summed E-state index contributed by atoms with van der Waals surface area (Å²) in [5.41, 5.74) is 5.78. The topological polar surface area (TPSA) is 111 Å². The van der Waals surface area contributed by atoms with E-state index >= 15 is 0 Å². The van der Waals surface area contributed by atoms with E-state index in [-0.39, 0.29) is 46.6 Å². The Morgan fingerprint density at radius 3 is 1.98 bits per heavy atom. The molecule has 0 radical (unpaired) electrons. The molecule has 2 amide bonds. The summed E-state index contributed by atoms with van der Waals surface area (Å²) in [6, 6.07) is 11.1. The highest BCUT2D eigenvalue weighted by Gasteiger charge is 2.55. The minimum absolute atomic E-state index is 0.00488. The quantitative estimate of drug-likeness (QED) is 0.180. The molecular formula is C44H59N7O2. The maximum absolute atomic E-state index is 13.4. The van der Waals surface area contributed by atoms with E-state index in [2.05, 4.69) is 92.9 Å². The number of carbonyl (C=O) groups excluding carboxylic acids is 2. The van der Waals surface area contributed by atoms with Gasteiger partial charge in [0.15, 0.2) is 0 Å². The largest absolute Gasteiger partial charge is 0.344 e. The fourth-order valence-corrected chi connectivity index (χ4v) is 10.3. The van der Waals surface area contributed by atoms with Gasteiger partial charge in [0.1, 0.15) is 11.6 Å². The van der Waals surface area contributed by atoms with Crippen molar-refractivity contribution in [1.29, 1.82) is 0 Å². The van der Waals surface area contributed by atoms with E-state index in [0.717, 1.165) is 105 Å². The fraction of sp³-hybridized carbons (Fsp3) is 0.614. The number of likely N-dealkylation sites (tertiary alicyclic amines) is 2. The third kappa shape index (κ3) is 6.10. The fourth-order valence-electron chi connectivity index (χ4n) is 10.3. The number of amides is 2. The number of rotatable bonds is 9. The van der Waals surface area contributed by atoms with Gasteiger partial charge in [-0.3, -0.25) is 14.6 Å². The number of nitrogens with one attached hydrogen (secondary N) is 2. The zero-order valence-corrected chi connectivity index (χ0v) is 32.9. The van der Waals surface area contributed by atoms with E-state index < -0.39 is 0 Å². The maximum Gasteiger partial charge on any atom is 0.226 e. The second kappa shape index (κ2) is 13.7. The normalized spacial score (nSPS) is 28.4. The van der Waals surface area contributed by atoms with Crippen LogP contribution >= 0.6 is 0 Å². The Hall–Kier alpha value is -4.01. The number of carbonyl (C=O) groups is 2. The Bertz CT molecular complexity index is 1980. The van der Waals surface area contributed by atoms with Crippen LogP contribution in [0.25, 0.3) is 22.2 Å². The van der Waals surface area contributed by atoms with Crippen LogP contribution in [0.4, 0.5) is 0 Å². The van der Waals surface area contributed by atoms with Crippen molar-refractivity contribution in [3.8, 4) is 11.3 Å². The van der Waals surface area contributed by atoms with Crippen molar-refractivity contribution >= 4 is 22.7 Å². The Kier molecular flexibility index (Phi) is 9.29. The molecule has 2 aliphatic heterocycles. The van der Waals surface area contributed by atoms with Gasteiger partial charge in [0.05, 0.1) is 29.5 Å². The lowest BCUT2D eigenvalue weighted by Crippen LogP contribution is -2.52. The molecule has 5 unspecified atom stereocenters. The molecule has 5 aliphatic rings. The van der Waals surface area contributed by atoms with Crippen molar-refractivity contribution in [2.75, 3.05) is 13.1 Å². The molecule has 53 heavy (non-hydrogen) atoms. The lowest BCUT2D eigenvalue weighted by molar-refractivity contribution is -0.138. The Labute approximate surface area is 315 Å². The van der Waals surface area contributed by atoms with Crippen molar-refractivity contribution in [1.82, 2.24) is 34.7 Å². The van der Waals surface area contributed by atoms with Gasteiger partial charge in [0.25, 0.3) is 0 Å². The molecular weight excluding hydrogens is 659 g/mol. The molecule has 3 aliphatic carbocycles. The number of nitrogens with zero attached hydrogens (tertiary/aromatic N) is 5. The SMILES string of the molecule is CC(C)C(C)C(=O)N1CCCC1c1ncc(-c2ccc3nc(C45CCC(c6cnc(C7CCCN7C(=O)C(C)C(C)C)[nH]6)(CC4)CC5C)ccc3c2)[nH]1.